The number of aryl methyl sites for hydroxylation is 1. The lowest BCUT2D eigenvalue weighted by Gasteiger charge is -2.21. The third kappa shape index (κ3) is 3.26. The van der Waals surface area contributed by atoms with Crippen molar-refractivity contribution < 1.29 is 9.90 Å². The number of aromatic nitrogens is 2. The number of aliphatic carboxylic acids is 1. The topological polar surface area (TPSA) is 55.1 Å². The van der Waals surface area contributed by atoms with Gasteiger partial charge < -0.3 is 9.67 Å². The first-order chi connectivity index (χ1) is 10.2. The molecule has 0 amide bonds. The van der Waals surface area contributed by atoms with E-state index in [9.17, 15) is 4.79 Å². The second-order valence-electron chi connectivity index (χ2n) is 6.02. The molecule has 1 aliphatic rings. The number of imidazole rings is 1. The van der Waals surface area contributed by atoms with Gasteiger partial charge in [0.25, 0.3) is 0 Å². The number of hydrogen-bond donors (Lipinski definition) is 1. The van der Waals surface area contributed by atoms with Crippen LogP contribution in [0.5, 0.6) is 0 Å². The van der Waals surface area contributed by atoms with Crippen LogP contribution in [0.15, 0.2) is 24.3 Å². The zero-order valence-electron chi connectivity index (χ0n) is 12.3. The fourth-order valence-corrected chi connectivity index (χ4v) is 3.39. The Balaban J connectivity index is 1.87. The normalized spacial score (nSPS) is 16.4. The molecule has 1 N–H and O–H groups in total. The highest BCUT2D eigenvalue weighted by atomic mass is 16.4. The predicted molar refractivity (Wildman–Crippen MR) is 82.3 cm³/mol. The molecule has 0 bridgehead atoms. The van der Waals surface area contributed by atoms with Crippen molar-refractivity contribution in [1.82, 2.24) is 9.55 Å². The van der Waals surface area contributed by atoms with Gasteiger partial charge >= 0.3 is 5.97 Å². The molecule has 4 heteroatoms. The van der Waals surface area contributed by atoms with Crippen molar-refractivity contribution in [3.8, 4) is 0 Å². The minimum Gasteiger partial charge on any atom is -0.481 e. The highest BCUT2D eigenvalue weighted by Gasteiger charge is 2.18. The van der Waals surface area contributed by atoms with Crippen molar-refractivity contribution >= 4 is 17.0 Å². The number of carboxylic acids is 1. The van der Waals surface area contributed by atoms with E-state index < -0.39 is 5.97 Å². The smallest absolute Gasteiger partial charge is 0.305 e. The Labute approximate surface area is 124 Å². The number of para-hydroxylation sites is 2. The highest BCUT2D eigenvalue weighted by Crippen LogP contribution is 2.28. The van der Waals surface area contributed by atoms with Crippen LogP contribution in [-0.2, 0) is 17.8 Å². The van der Waals surface area contributed by atoms with E-state index in [1.54, 1.807) is 0 Å². The molecule has 1 aromatic heterocycles. The van der Waals surface area contributed by atoms with Gasteiger partial charge in [-0.25, -0.2) is 4.98 Å². The maximum atomic E-state index is 10.9. The van der Waals surface area contributed by atoms with Crippen LogP contribution < -0.4 is 0 Å². The van der Waals surface area contributed by atoms with Gasteiger partial charge in [0.1, 0.15) is 5.82 Å². The average molecular weight is 286 g/mol. The lowest BCUT2D eigenvalue weighted by molar-refractivity contribution is -0.137. The summed E-state index contributed by atoms with van der Waals surface area (Å²) in [5.41, 5.74) is 2.04. The molecule has 4 nitrogen and oxygen atoms in total. The zero-order valence-corrected chi connectivity index (χ0v) is 12.3. The second kappa shape index (κ2) is 6.29. The van der Waals surface area contributed by atoms with E-state index >= 15 is 0 Å². The zero-order chi connectivity index (χ0) is 14.7. The second-order valence-corrected chi connectivity index (χ2v) is 6.02. The molecule has 1 saturated carbocycles. The van der Waals surface area contributed by atoms with Gasteiger partial charge in [0.15, 0.2) is 0 Å². The van der Waals surface area contributed by atoms with Crippen LogP contribution in [0.1, 0.15) is 44.3 Å². The summed E-state index contributed by atoms with van der Waals surface area (Å²) < 4.78 is 2.11. The van der Waals surface area contributed by atoms with Crippen LogP contribution in [0.3, 0.4) is 0 Å². The van der Waals surface area contributed by atoms with Gasteiger partial charge in [-0.15, -0.1) is 0 Å². The van der Waals surface area contributed by atoms with E-state index in [-0.39, 0.29) is 6.42 Å². The summed E-state index contributed by atoms with van der Waals surface area (Å²) in [6.45, 7) is 0.512. The summed E-state index contributed by atoms with van der Waals surface area (Å²) in [6, 6.07) is 8.03. The number of carboxylic acid groups (broad SMARTS) is 1. The van der Waals surface area contributed by atoms with E-state index in [2.05, 4.69) is 4.57 Å². The first-order valence-electron chi connectivity index (χ1n) is 7.90. The van der Waals surface area contributed by atoms with Gasteiger partial charge in [-0.3, -0.25) is 4.79 Å². The molecular weight excluding hydrogens is 264 g/mol. The third-order valence-electron chi connectivity index (χ3n) is 4.48. The minimum absolute atomic E-state index is 0.151. The first kappa shape index (κ1) is 14.1. The Bertz CT molecular complexity index is 627. The third-order valence-corrected chi connectivity index (χ3v) is 4.48. The number of fused-ring (bicyclic) bond motifs is 1. The molecule has 1 heterocycles. The Morgan fingerprint density at radius 3 is 2.76 bits per heavy atom. The van der Waals surface area contributed by atoms with Gasteiger partial charge in [0, 0.05) is 13.0 Å². The summed E-state index contributed by atoms with van der Waals surface area (Å²) in [5, 5.41) is 8.96. The Morgan fingerprint density at radius 1 is 1.24 bits per heavy atom. The molecule has 112 valence electrons. The standard InChI is InChI=1S/C17H22N2O2/c20-17(21)10-11-19-15-9-5-4-8-14(15)18-16(19)12-13-6-2-1-3-7-13/h4-5,8-9,13H,1-3,6-7,10-12H2,(H,20,21). The van der Waals surface area contributed by atoms with Gasteiger partial charge in [-0.2, -0.15) is 0 Å². The molecule has 1 aromatic carbocycles. The lowest BCUT2D eigenvalue weighted by Crippen LogP contribution is -2.14. The van der Waals surface area contributed by atoms with Crippen molar-refractivity contribution in [2.24, 2.45) is 5.92 Å². The fourth-order valence-electron chi connectivity index (χ4n) is 3.39. The summed E-state index contributed by atoms with van der Waals surface area (Å²) in [4.78, 5) is 15.7. The molecule has 0 atom stereocenters. The predicted octanol–water partition coefficient (Wildman–Crippen LogP) is 3.63. The van der Waals surface area contributed by atoms with E-state index in [1.807, 2.05) is 24.3 Å². The van der Waals surface area contributed by atoms with Crippen LogP contribution in [0.4, 0.5) is 0 Å². The monoisotopic (exact) mass is 286 g/mol. The number of nitrogens with zero attached hydrogens (tertiary/aromatic N) is 2. The van der Waals surface area contributed by atoms with Crippen molar-refractivity contribution in [3.05, 3.63) is 30.1 Å². The number of carbonyl (C=O) groups is 1. The van der Waals surface area contributed by atoms with Crippen molar-refractivity contribution in [2.45, 2.75) is 51.5 Å². The molecule has 3 rings (SSSR count). The molecule has 0 saturated heterocycles. The molecular formula is C17H22N2O2. The van der Waals surface area contributed by atoms with Crippen LogP contribution in [0.2, 0.25) is 0 Å². The summed E-state index contributed by atoms with van der Waals surface area (Å²) in [7, 11) is 0. The molecule has 1 fully saturated rings. The molecule has 2 aromatic rings. The molecule has 0 spiro atoms. The van der Waals surface area contributed by atoms with Gasteiger partial charge in [-0.05, 0) is 18.1 Å². The molecule has 21 heavy (non-hydrogen) atoms. The van der Waals surface area contributed by atoms with E-state index in [4.69, 9.17) is 10.1 Å². The van der Waals surface area contributed by atoms with Crippen molar-refractivity contribution in [1.29, 1.82) is 0 Å². The number of benzene rings is 1. The van der Waals surface area contributed by atoms with E-state index in [0.29, 0.717) is 12.5 Å². The van der Waals surface area contributed by atoms with Crippen LogP contribution in [-0.4, -0.2) is 20.6 Å². The maximum absolute atomic E-state index is 10.9. The summed E-state index contributed by atoms with van der Waals surface area (Å²) in [6.07, 6.45) is 7.68. The first-order valence-corrected chi connectivity index (χ1v) is 7.90. The van der Waals surface area contributed by atoms with Gasteiger partial charge in [0.2, 0.25) is 0 Å². The Kier molecular flexibility index (Phi) is 4.23. The summed E-state index contributed by atoms with van der Waals surface area (Å²) in [5.74, 6) is 1.01. The van der Waals surface area contributed by atoms with Crippen molar-refractivity contribution in [2.75, 3.05) is 0 Å². The van der Waals surface area contributed by atoms with Crippen LogP contribution in [0, 0.1) is 5.92 Å². The number of hydrogen-bond acceptors (Lipinski definition) is 2. The van der Waals surface area contributed by atoms with Gasteiger partial charge in [-0.1, -0.05) is 44.2 Å². The number of rotatable bonds is 5. The average Bonchev–Trinajstić information content (AvgIpc) is 2.83. The largest absolute Gasteiger partial charge is 0.481 e. The highest BCUT2D eigenvalue weighted by molar-refractivity contribution is 5.76. The van der Waals surface area contributed by atoms with E-state index in [0.717, 1.165) is 23.3 Å². The quantitative estimate of drug-likeness (QED) is 0.913. The molecule has 1 aliphatic carbocycles. The molecule has 0 radical (unpaired) electrons. The maximum Gasteiger partial charge on any atom is 0.305 e. The van der Waals surface area contributed by atoms with E-state index in [1.165, 1.54) is 32.1 Å². The molecule has 0 aliphatic heterocycles. The van der Waals surface area contributed by atoms with Crippen molar-refractivity contribution in [3.63, 3.8) is 0 Å². The molecule has 0 unspecified atom stereocenters. The van der Waals surface area contributed by atoms with Crippen LogP contribution >= 0.6 is 0 Å². The summed E-state index contributed by atoms with van der Waals surface area (Å²) >= 11 is 0. The van der Waals surface area contributed by atoms with Crippen LogP contribution in [0.25, 0.3) is 11.0 Å². The fraction of sp³-hybridized carbons (Fsp3) is 0.529. The minimum atomic E-state index is -0.753. The SMILES string of the molecule is O=C(O)CCn1c(CC2CCCCC2)nc2ccccc21. The Morgan fingerprint density at radius 2 is 2.00 bits per heavy atom. The Hall–Kier alpha value is -1.84. The lowest BCUT2D eigenvalue weighted by atomic mass is 9.87. The van der Waals surface area contributed by atoms with Gasteiger partial charge in [0.05, 0.1) is 17.5 Å².